The Hall–Kier alpha value is -0.0800. The fourth-order valence-electron chi connectivity index (χ4n) is 3.57. The van der Waals surface area contributed by atoms with Crippen molar-refractivity contribution in [2.45, 2.75) is 44.2 Å². The van der Waals surface area contributed by atoms with Crippen LogP contribution in [-0.2, 0) is 0 Å². The highest BCUT2D eigenvalue weighted by Gasteiger charge is 2.40. The Morgan fingerprint density at radius 1 is 1.00 bits per heavy atom. The van der Waals surface area contributed by atoms with E-state index in [0.29, 0.717) is 0 Å². The Bertz CT molecular complexity index is 187. The number of hydrogen-bond acceptors (Lipinski definition) is 2. The lowest BCUT2D eigenvalue weighted by Gasteiger charge is -2.29. The molecule has 3 aliphatic rings. The lowest BCUT2D eigenvalue weighted by molar-refractivity contribution is 0.181. The monoisotopic (exact) mass is 180 g/mol. The van der Waals surface area contributed by atoms with Gasteiger partial charge in [-0.25, -0.2) is 0 Å². The van der Waals surface area contributed by atoms with Gasteiger partial charge in [0.2, 0.25) is 0 Å². The summed E-state index contributed by atoms with van der Waals surface area (Å²) in [5.41, 5.74) is 0. The highest BCUT2D eigenvalue weighted by atomic mass is 15.3. The molecule has 0 aromatic carbocycles. The molecule has 1 saturated carbocycles. The van der Waals surface area contributed by atoms with E-state index < -0.39 is 0 Å². The van der Waals surface area contributed by atoms with E-state index >= 15 is 0 Å². The van der Waals surface area contributed by atoms with Crippen LogP contribution in [0, 0.1) is 5.92 Å². The zero-order chi connectivity index (χ0) is 8.67. The summed E-state index contributed by atoms with van der Waals surface area (Å²) in [6.07, 6.45) is 7.36. The maximum atomic E-state index is 3.54. The fourth-order valence-corrected chi connectivity index (χ4v) is 3.57. The van der Waals surface area contributed by atoms with Crippen LogP contribution in [0.25, 0.3) is 0 Å². The number of fused-ring (bicyclic) bond motifs is 1. The second-order valence-electron chi connectivity index (χ2n) is 4.95. The first-order valence-corrected chi connectivity index (χ1v) is 5.91. The molecular weight excluding hydrogens is 160 g/mol. The van der Waals surface area contributed by atoms with E-state index in [1.54, 1.807) is 0 Å². The van der Waals surface area contributed by atoms with Crippen LogP contribution in [0.5, 0.6) is 0 Å². The van der Waals surface area contributed by atoms with Crippen LogP contribution in [0.1, 0.15) is 32.1 Å². The van der Waals surface area contributed by atoms with Crippen LogP contribution in [0.3, 0.4) is 0 Å². The molecule has 74 valence electrons. The minimum atomic E-state index is 0.906. The number of hydrogen-bond donors (Lipinski definition) is 1. The molecule has 2 nitrogen and oxygen atoms in total. The second kappa shape index (κ2) is 3.25. The lowest BCUT2D eigenvalue weighted by atomic mass is 10.0. The predicted molar refractivity (Wildman–Crippen MR) is 53.7 cm³/mol. The van der Waals surface area contributed by atoms with Gasteiger partial charge in [0.25, 0.3) is 0 Å². The van der Waals surface area contributed by atoms with Crippen LogP contribution >= 0.6 is 0 Å². The van der Waals surface area contributed by atoms with E-state index in [2.05, 4.69) is 10.2 Å². The van der Waals surface area contributed by atoms with Crippen molar-refractivity contribution >= 4 is 0 Å². The van der Waals surface area contributed by atoms with Gasteiger partial charge in [-0.3, -0.25) is 4.90 Å². The van der Waals surface area contributed by atoms with Crippen molar-refractivity contribution in [3.63, 3.8) is 0 Å². The van der Waals surface area contributed by atoms with Crippen LogP contribution in [-0.4, -0.2) is 36.6 Å². The SMILES string of the molecule is C1CCC(N2CC[C@H]3CNC[C@H]32)C1. The fraction of sp³-hybridized carbons (Fsp3) is 1.00. The third-order valence-electron chi connectivity index (χ3n) is 4.28. The van der Waals surface area contributed by atoms with Gasteiger partial charge >= 0.3 is 0 Å². The Labute approximate surface area is 80.7 Å². The minimum Gasteiger partial charge on any atom is -0.315 e. The maximum Gasteiger partial charge on any atom is 0.0264 e. The topological polar surface area (TPSA) is 15.3 Å². The molecule has 2 heteroatoms. The van der Waals surface area contributed by atoms with Crippen molar-refractivity contribution in [1.82, 2.24) is 10.2 Å². The van der Waals surface area contributed by atoms with Crippen molar-refractivity contribution in [2.75, 3.05) is 19.6 Å². The normalized spacial score (nSPS) is 41.5. The first-order chi connectivity index (χ1) is 6.45. The van der Waals surface area contributed by atoms with Gasteiger partial charge in [-0.2, -0.15) is 0 Å². The van der Waals surface area contributed by atoms with Crippen LogP contribution in [0.4, 0.5) is 0 Å². The molecule has 0 bridgehead atoms. The molecule has 2 heterocycles. The molecule has 0 amide bonds. The Morgan fingerprint density at radius 2 is 1.85 bits per heavy atom. The molecule has 0 unspecified atom stereocenters. The number of rotatable bonds is 1. The number of nitrogens with zero attached hydrogens (tertiary/aromatic N) is 1. The van der Waals surface area contributed by atoms with Crippen molar-refractivity contribution in [2.24, 2.45) is 5.92 Å². The Kier molecular flexibility index (Phi) is 2.06. The average molecular weight is 180 g/mol. The zero-order valence-corrected chi connectivity index (χ0v) is 8.34. The molecule has 2 saturated heterocycles. The number of likely N-dealkylation sites (tertiary alicyclic amines) is 1. The van der Waals surface area contributed by atoms with Gasteiger partial charge in [-0.1, -0.05) is 12.8 Å². The van der Waals surface area contributed by atoms with Gasteiger partial charge in [-0.15, -0.1) is 0 Å². The van der Waals surface area contributed by atoms with Gasteiger partial charge in [-0.05, 0) is 38.3 Å². The third kappa shape index (κ3) is 1.31. The van der Waals surface area contributed by atoms with E-state index in [4.69, 9.17) is 0 Å². The van der Waals surface area contributed by atoms with Crippen LogP contribution in [0.15, 0.2) is 0 Å². The third-order valence-corrected chi connectivity index (χ3v) is 4.28. The van der Waals surface area contributed by atoms with Crippen molar-refractivity contribution in [1.29, 1.82) is 0 Å². The number of nitrogens with one attached hydrogen (secondary N) is 1. The Morgan fingerprint density at radius 3 is 2.69 bits per heavy atom. The highest BCUT2D eigenvalue weighted by molar-refractivity contribution is 4.97. The standard InChI is InChI=1S/C11H20N2/c1-2-4-10(3-1)13-6-5-9-7-12-8-11(9)13/h9-12H,1-8H2/t9-,11+/m0/s1. The lowest BCUT2D eigenvalue weighted by Crippen LogP contribution is -2.40. The van der Waals surface area contributed by atoms with Crippen molar-refractivity contribution < 1.29 is 0 Å². The summed E-state index contributed by atoms with van der Waals surface area (Å²) < 4.78 is 0. The van der Waals surface area contributed by atoms with Gasteiger partial charge in [0.1, 0.15) is 0 Å². The van der Waals surface area contributed by atoms with E-state index in [1.165, 1.54) is 51.7 Å². The molecule has 13 heavy (non-hydrogen) atoms. The van der Waals surface area contributed by atoms with E-state index in [0.717, 1.165) is 18.0 Å². The molecule has 0 aromatic heterocycles. The molecule has 3 fully saturated rings. The summed E-state index contributed by atoms with van der Waals surface area (Å²) in [5.74, 6) is 0.987. The first-order valence-electron chi connectivity index (χ1n) is 5.91. The van der Waals surface area contributed by atoms with E-state index in [-0.39, 0.29) is 0 Å². The van der Waals surface area contributed by atoms with E-state index in [1.807, 2.05) is 0 Å². The molecule has 1 N–H and O–H groups in total. The first kappa shape index (κ1) is 8.25. The molecule has 2 aliphatic heterocycles. The molecule has 2 atom stereocenters. The molecular formula is C11H20N2. The quantitative estimate of drug-likeness (QED) is 0.653. The predicted octanol–water partition coefficient (Wildman–Crippen LogP) is 1.22. The maximum absolute atomic E-state index is 3.54. The van der Waals surface area contributed by atoms with E-state index in [9.17, 15) is 0 Å². The smallest absolute Gasteiger partial charge is 0.0264 e. The largest absolute Gasteiger partial charge is 0.315 e. The summed E-state index contributed by atoms with van der Waals surface area (Å²) in [7, 11) is 0. The molecule has 1 aliphatic carbocycles. The van der Waals surface area contributed by atoms with Gasteiger partial charge in [0, 0.05) is 18.6 Å². The highest BCUT2D eigenvalue weighted by Crippen LogP contribution is 2.34. The average Bonchev–Trinajstić information content (AvgIpc) is 2.79. The van der Waals surface area contributed by atoms with Gasteiger partial charge in [0.15, 0.2) is 0 Å². The summed E-state index contributed by atoms with van der Waals surface area (Å²) in [4.78, 5) is 2.82. The second-order valence-corrected chi connectivity index (χ2v) is 4.95. The minimum absolute atomic E-state index is 0.906. The Balaban J connectivity index is 1.70. The summed E-state index contributed by atoms with van der Waals surface area (Å²) in [5, 5.41) is 3.54. The van der Waals surface area contributed by atoms with Gasteiger partial charge in [0.05, 0.1) is 0 Å². The van der Waals surface area contributed by atoms with Crippen LogP contribution in [0.2, 0.25) is 0 Å². The molecule has 0 spiro atoms. The molecule has 0 radical (unpaired) electrons. The summed E-state index contributed by atoms with van der Waals surface area (Å²) in [6, 6.07) is 1.86. The van der Waals surface area contributed by atoms with Crippen molar-refractivity contribution in [3.8, 4) is 0 Å². The van der Waals surface area contributed by atoms with Crippen molar-refractivity contribution in [3.05, 3.63) is 0 Å². The van der Waals surface area contributed by atoms with Gasteiger partial charge < -0.3 is 5.32 Å². The van der Waals surface area contributed by atoms with Crippen LogP contribution < -0.4 is 5.32 Å². The molecule has 3 rings (SSSR count). The summed E-state index contributed by atoms with van der Waals surface area (Å²) in [6.45, 7) is 3.94. The zero-order valence-electron chi connectivity index (χ0n) is 8.34. The molecule has 0 aromatic rings. The summed E-state index contributed by atoms with van der Waals surface area (Å²) >= 11 is 0.